The van der Waals surface area contributed by atoms with Crippen molar-refractivity contribution in [3.05, 3.63) is 48.0 Å². The molecule has 0 heterocycles. The van der Waals surface area contributed by atoms with Crippen LogP contribution in [0.2, 0.25) is 0 Å². The predicted octanol–water partition coefficient (Wildman–Crippen LogP) is 4.94. The lowest BCUT2D eigenvalue weighted by molar-refractivity contribution is 0.0497. The van der Waals surface area contributed by atoms with Crippen LogP contribution in [-0.2, 0) is 9.47 Å². The van der Waals surface area contributed by atoms with Gasteiger partial charge in [0.25, 0.3) is 0 Å². The molecule has 1 aromatic rings. The molecule has 1 aromatic carbocycles. The number of hydrogen-bond acceptors (Lipinski definition) is 4. The summed E-state index contributed by atoms with van der Waals surface area (Å²) in [6.45, 7) is 6.25. The standard InChI is InChI=1S/C20H28O4/c1-3-5-6-7-8-9-10-15-24-20(22)18-13-11-12-17(16-18)19(21)23-14-4-2/h4,11-13,16H,2-3,5-10,14-15H2,1H3. The fourth-order valence-corrected chi connectivity index (χ4v) is 2.30. The van der Waals surface area contributed by atoms with Crippen LogP contribution in [0, 0.1) is 0 Å². The molecular weight excluding hydrogens is 304 g/mol. The van der Waals surface area contributed by atoms with Crippen molar-refractivity contribution in [3.63, 3.8) is 0 Å². The number of hydrogen-bond donors (Lipinski definition) is 0. The molecule has 0 aliphatic heterocycles. The summed E-state index contributed by atoms with van der Waals surface area (Å²) in [5, 5.41) is 0. The van der Waals surface area contributed by atoms with Crippen LogP contribution in [0.15, 0.2) is 36.9 Å². The van der Waals surface area contributed by atoms with E-state index < -0.39 is 11.9 Å². The number of rotatable bonds is 12. The second-order valence-electron chi connectivity index (χ2n) is 5.73. The van der Waals surface area contributed by atoms with E-state index in [0.29, 0.717) is 17.7 Å². The fraction of sp³-hybridized carbons (Fsp3) is 0.500. The lowest BCUT2D eigenvalue weighted by atomic mass is 10.1. The highest BCUT2D eigenvalue weighted by atomic mass is 16.5. The van der Waals surface area contributed by atoms with Crippen LogP contribution in [0.1, 0.15) is 72.6 Å². The molecule has 0 saturated heterocycles. The maximum absolute atomic E-state index is 12.0. The summed E-state index contributed by atoms with van der Waals surface area (Å²) < 4.78 is 10.2. The van der Waals surface area contributed by atoms with Crippen LogP contribution in [-0.4, -0.2) is 25.2 Å². The van der Waals surface area contributed by atoms with Gasteiger partial charge in [-0.05, 0) is 24.6 Å². The molecule has 0 aliphatic rings. The van der Waals surface area contributed by atoms with Gasteiger partial charge < -0.3 is 9.47 Å². The van der Waals surface area contributed by atoms with Crippen LogP contribution < -0.4 is 0 Å². The van der Waals surface area contributed by atoms with Gasteiger partial charge in [0, 0.05) is 0 Å². The third kappa shape index (κ3) is 7.95. The van der Waals surface area contributed by atoms with E-state index in [0.717, 1.165) is 12.8 Å². The summed E-state index contributed by atoms with van der Waals surface area (Å²) in [4.78, 5) is 23.8. The molecule has 24 heavy (non-hydrogen) atoms. The van der Waals surface area contributed by atoms with Gasteiger partial charge in [-0.3, -0.25) is 0 Å². The summed E-state index contributed by atoms with van der Waals surface area (Å²) in [7, 11) is 0. The first kappa shape index (κ1) is 19.9. The van der Waals surface area contributed by atoms with Crippen molar-refractivity contribution in [1.82, 2.24) is 0 Å². The molecule has 4 nitrogen and oxygen atoms in total. The molecule has 0 fully saturated rings. The fourth-order valence-electron chi connectivity index (χ4n) is 2.30. The zero-order valence-electron chi connectivity index (χ0n) is 14.6. The molecular formula is C20H28O4. The van der Waals surface area contributed by atoms with Crippen molar-refractivity contribution in [2.45, 2.75) is 51.9 Å². The molecule has 0 N–H and O–H groups in total. The van der Waals surface area contributed by atoms with Crippen molar-refractivity contribution in [3.8, 4) is 0 Å². The average molecular weight is 332 g/mol. The summed E-state index contributed by atoms with van der Waals surface area (Å²) in [5.41, 5.74) is 0.702. The Kier molecular flexibility index (Phi) is 10.3. The molecule has 4 heteroatoms. The zero-order valence-corrected chi connectivity index (χ0v) is 14.6. The highest BCUT2D eigenvalue weighted by molar-refractivity contribution is 5.95. The van der Waals surface area contributed by atoms with Gasteiger partial charge >= 0.3 is 11.9 Å². The van der Waals surface area contributed by atoms with Gasteiger partial charge in [0.05, 0.1) is 17.7 Å². The number of carbonyl (C=O) groups excluding carboxylic acids is 2. The van der Waals surface area contributed by atoms with E-state index in [-0.39, 0.29) is 6.61 Å². The van der Waals surface area contributed by atoms with Crippen LogP contribution in [0.4, 0.5) is 0 Å². The smallest absolute Gasteiger partial charge is 0.338 e. The highest BCUT2D eigenvalue weighted by Gasteiger charge is 2.12. The van der Waals surface area contributed by atoms with Crippen LogP contribution in [0.3, 0.4) is 0 Å². The van der Waals surface area contributed by atoms with E-state index in [2.05, 4.69) is 13.5 Å². The Morgan fingerprint density at radius 1 is 0.958 bits per heavy atom. The Balaban J connectivity index is 2.32. The third-order valence-electron chi connectivity index (χ3n) is 3.65. The molecule has 1 rings (SSSR count). The van der Waals surface area contributed by atoms with Gasteiger partial charge in [0.2, 0.25) is 0 Å². The van der Waals surface area contributed by atoms with Crippen molar-refractivity contribution in [1.29, 1.82) is 0 Å². The quantitative estimate of drug-likeness (QED) is 0.309. The second-order valence-corrected chi connectivity index (χ2v) is 5.73. The first-order valence-electron chi connectivity index (χ1n) is 8.74. The predicted molar refractivity (Wildman–Crippen MR) is 95.2 cm³/mol. The van der Waals surface area contributed by atoms with Gasteiger partial charge in [0.1, 0.15) is 6.61 Å². The number of unbranched alkanes of at least 4 members (excludes halogenated alkanes) is 6. The maximum atomic E-state index is 12.0. The molecule has 0 aliphatic carbocycles. The van der Waals surface area contributed by atoms with Gasteiger partial charge in [-0.25, -0.2) is 9.59 Å². The number of benzene rings is 1. The molecule has 0 unspecified atom stereocenters. The number of esters is 2. The molecule has 0 radical (unpaired) electrons. The van der Waals surface area contributed by atoms with E-state index in [4.69, 9.17) is 9.47 Å². The molecule has 132 valence electrons. The monoisotopic (exact) mass is 332 g/mol. The van der Waals surface area contributed by atoms with Crippen LogP contribution in [0.5, 0.6) is 0 Å². The normalized spacial score (nSPS) is 10.2. The molecule has 0 bridgehead atoms. The van der Waals surface area contributed by atoms with E-state index in [1.165, 1.54) is 44.2 Å². The van der Waals surface area contributed by atoms with Crippen LogP contribution >= 0.6 is 0 Å². The van der Waals surface area contributed by atoms with Gasteiger partial charge in [-0.15, -0.1) is 0 Å². The Bertz CT molecular complexity index is 522. The van der Waals surface area contributed by atoms with Crippen molar-refractivity contribution in [2.24, 2.45) is 0 Å². The minimum absolute atomic E-state index is 0.145. The van der Waals surface area contributed by atoms with E-state index in [9.17, 15) is 9.59 Å². The number of carbonyl (C=O) groups is 2. The van der Waals surface area contributed by atoms with Crippen molar-refractivity contribution >= 4 is 11.9 Å². The van der Waals surface area contributed by atoms with Crippen LogP contribution in [0.25, 0.3) is 0 Å². The average Bonchev–Trinajstić information content (AvgIpc) is 2.61. The largest absolute Gasteiger partial charge is 0.462 e. The third-order valence-corrected chi connectivity index (χ3v) is 3.65. The minimum Gasteiger partial charge on any atom is -0.462 e. The van der Waals surface area contributed by atoms with Gasteiger partial charge in [-0.1, -0.05) is 64.2 Å². The first-order valence-corrected chi connectivity index (χ1v) is 8.74. The maximum Gasteiger partial charge on any atom is 0.338 e. The Morgan fingerprint density at radius 2 is 1.54 bits per heavy atom. The van der Waals surface area contributed by atoms with Crippen molar-refractivity contribution < 1.29 is 19.1 Å². The molecule has 0 saturated carbocycles. The summed E-state index contributed by atoms with van der Waals surface area (Å²) in [5.74, 6) is -0.879. The highest BCUT2D eigenvalue weighted by Crippen LogP contribution is 2.10. The molecule has 0 atom stereocenters. The first-order chi connectivity index (χ1) is 11.7. The topological polar surface area (TPSA) is 52.6 Å². The number of ether oxygens (including phenoxy) is 2. The lowest BCUT2D eigenvalue weighted by Crippen LogP contribution is -2.09. The van der Waals surface area contributed by atoms with E-state index in [1.807, 2.05) is 0 Å². The summed E-state index contributed by atoms with van der Waals surface area (Å²) >= 11 is 0. The Hall–Kier alpha value is -2.10. The minimum atomic E-state index is -0.475. The molecule has 0 spiro atoms. The second kappa shape index (κ2) is 12.3. The lowest BCUT2D eigenvalue weighted by Gasteiger charge is -2.07. The summed E-state index contributed by atoms with van der Waals surface area (Å²) in [6, 6.07) is 6.39. The Morgan fingerprint density at radius 3 is 2.17 bits per heavy atom. The summed E-state index contributed by atoms with van der Waals surface area (Å²) in [6.07, 6.45) is 9.70. The zero-order chi connectivity index (χ0) is 17.6. The molecule has 0 aromatic heterocycles. The van der Waals surface area contributed by atoms with Gasteiger partial charge in [-0.2, -0.15) is 0 Å². The van der Waals surface area contributed by atoms with Crippen molar-refractivity contribution in [2.75, 3.05) is 13.2 Å². The van der Waals surface area contributed by atoms with Gasteiger partial charge in [0.15, 0.2) is 0 Å². The Labute approximate surface area is 144 Å². The SMILES string of the molecule is C=CCOC(=O)c1cccc(C(=O)OCCCCCCCCC)c1. The van der Waals surface area contributed by atoms with E-state index in [1.54, 1.807) is 18.2 Å². The van der Waals surface area contributed by atoms with E-state index >= 15 is 0 Å². The molecule has 0 amide bonds.